The lowest BCUT2D eigenvalue weighted by molar-refractivity contribution is 0.244. The zero-order chi connectivity index (χ0) is 11.4. The molecule has 1 saturated heterocycles. The van der Waals surface area contributed by atoms with Gasteiger partial charge < -0.3 is 10.0 Å². The highest BCUT2D eigenvalue weighted by atomic mass is 19.1. The largest absolute Gasteiger partial charge is 0.396 e. The Kier molecular flexibility index (Phi) is 3.78. The Morgan fingerprint density at radius 1 is 1.31 bits per heavy atom. The number of hydrogen-bond donors (Lipinski definition) is 1. The van der Waals surface area contributed by atoms with Crippen molar-refractivity contribution in [2.45, 2.75) is 19.3 Å². The Hall–Kier alpha value is -1.09. The molecule has 0 aromatic heterocycles. The van der Waals surface area contributed by atoms with Crippen molar-refractivity contribution in [2.24, 2.45) is 5.92 Å². The van der Waals surface area contributed by atoms with Crippen LogP contribution in [0.3, 0.4) is 0 Å². The monoisotopic (exact) mass is 223 g/mol. The van der Waals surface area contributed by atoms with Crippen LogP contribution in [0.5, 0.6) is 0 Å². The van der Waals surface area contributed by atoms with Gasteiger partial charge in [0.05, 0.1) is 0 Å². The molecule has 2 nitrogen and oxygen atoms in total. The lowest BCUT2D eigenvalue weighted by Crippen LogP contribution is -2.35. The van der Waals surface area contributed by atoms with E-state index in [9.17, 15) is 4.39 Å². The molecule has 1 aliphatic heterocycles. The molecule has 1 aromatic carbocycles. The highest BCUT2D eigenvalue weighted by Crippen LogP contribution is 2.24. The minimum Gasteiger partial charge on any atom is -0.396 e. The molecule has 1 aliphatic rings. The average molecular weight is 223 g/mol. The Morgan fingerprint density at radius 2 is 2.06 bits per heavy atom. The first-order valence-corrected chi connectivity index (χ1v) is 5.91. The fraction of sp³-hybridized carbons (Fsp3) is 0.538. The van der Waals surface area contributed by atoms with Gasteiger partial charge in [-0.05, 0) is 49.4 Å². The molecule has 1 aromatic rings. The first-order valence-electron chi connectivity index (χ1n) is 5.91. The van der Waals surface area contributed by atoms with Gasteiger partial charge >= 0.3 is 0 Å². The van der Waals surface area contributed by atoms with Crippen LogP contribution >= 0.6 is 0 Å². The zero-order valence-corrected chi connectivity index (χ0v) is 9.40. The predicted octanol–water partition coefficient (Wildman–Crippen LogP) is 2.42. The SMILES string of the molecule is OCCC1CCCN(c2ccc(F)cc2)C1. The van der Waals surface area contributed by atoms with Crippen LogP contribution in [0, 0.1) is 11.7 Å². The fourth-order valence-electron chi connectivity index (χ4n) is 2.37. The van der Waals surface area contributed by atoms with Gasteiger partial charge in [-0.2, -0.15) is 0 Å². The molecular weight excluding hydrogens is 205 g/mol. The highest BCUT2D eigenvalue weighted by Gasteiger charge is 2.19. The summed E-state index contributed by atoms with van der Waals surface area (Å²) in [6.45, 7) is 2.28. The van der Waals surface area contributed by atoms with E-state index in [1.165, 1.54) is 18.6 Å². The Morgan fingerprint density at radius 3 is 2.75 bits per heavy atom. The van der Waals surface area contributed by atoms with Crippen LogP contribution in [0.4, 0.5) is 10.1 Å². The van der Waals surface area contributed by atoms with Gasteiger partial charge in [-0.1, -0.05) is 0 Å². The second-order valence-corrected chi connectivity index (χ2v) is 4.44. The van der Waals surface area contributed by atoms with Crippen LogP contribution in [0.1, 0.15) is 19.3 Å². The molecule has 1 N–H and O–H groups in total. The van der Waals surface area contributed by atoms with E-state index in [1.807, 2.05) is 12.1 Å². The van der Waals surface area contributed by atoms with E-state index in [2.05, 4.69) is 4.90 Å². The number of piperidine rings is 1. The lowest BCUT2D eigenvalue weighted by Gasteiger charge is -2.34. The number of rotatable bonds is 3. The van der Waals surface area contributed by atoms with Crippen LogP contribution in [0.2, 0.25) is 0 Å². The average Bonchev–Trinajstić information content (AvgIpc) is 2.31. The van der Waals surface area contributed by atoms with Crippen LogP contribution in [0.15, 0.2) is 24.3 Å². The van der Waals surface area contributed by atoms with Crippen molar-refractivity contribution < 1.29 is 9.50 Å². The van der Waals surface area contributed by atoms with Crippen LogP contribution < -0.4 is 4.90 Å². The molecule has 88 valence electrons. The van der Waals surface area contributed by atoms with Gasteiger partial charge in [0, 0.05) is 25.4 Å². The van der Waals surface area contributed by atoms with Gasteiger partial charge in [-0.3, -0.25) is 0 Å². The highest BCUT2D eigenvalue weighted by molar-refractivity contribution is 5.46. The van der Waals surface area contributed by atoms with Crippen molar-refractivity contribution in [3.05, 3.63) is 30.1 Å². The van der Waals surface area contributed by atoms with Gasteiger partial charge in [-0.15, -0.1) is 0 Å². The number of halogens is 1. The molecule has 0 amide bonds. The van der Waals surface area contributed by atoms with Crippen molar-refractivity contribution in [2.75, 3.05) is 24.6 Å². The summed E-state index contributed by atoms with van der Waals surface area (Å²) in [5.74, 6) is 0.386. The summed E-state index contributed by atoms with van der Waals surface area (Å²) >= 11 is 0. The Labute approximate surface area is 95.7 Å². The van der Waals surface area contributed by atoms with Crippen molar-refractivity contribution in [3.63, 3.8) is 0 Å². The summed E-state index contributed by atoms with van der Waals surface area (Å²) in [5, 5.41) is 8.94. The molecule has 2 rings (SSSR count). The van der Waals surface area contributed by atoms with Gasteiger partial charge in [0.25, 0.3) is 0 Å². The fourth-order valence-corrected chi connectivity index (χ4v) is 2.37. The molecule has 0 spiro atoms. The maximum Gasteiger partial charge on any atom is 0.123 e. The van der Waals surface area contributed by atoms with Crippen LogP contribution in [0.25, 0.3) is 0 Å². The lowest BCUT2D eigenvalue weighted by atomic mass is 9.95. The summed E-state index contributed by atoms with van der Waals surface area (Å²) in [4.78, 5) is 2.28. The summed E-state index contributed by atoms with van der Waals surface area (Å²) in [6.07, 6.45) is 3.22. The summed E-state index contributed by atoms with van der Waals surface area (Å²) in [7, 11) is 0. The summed E-state index contributed by atoms with van der Waals surface area (Å²) < 4.78 is 12.8. The van der Waals surface area contributed by atoms with Crippen LogP contribution in [-0.4, -0.2) is 24.8 Å². The van der Waals surface area contributed by atoms with Gasteiger partial charge in [0.15, 0.2) is 0 Å². The first kappa shape index (κ1) is 11.4. The smallest absolute Gasteiger partial charge is 0.123 e. The number of nitrogens with zero attached hydrogens (tertiary/aromatic N) is 1. The molecular formula is C13H18FNO. The second-order valence-electron chi connectivity index (χ2n) is 4.44. The van der Waals surface area contributed by atoms with Crippen molar-refractivity contribution >= 4 is 5.69 Å². The van der Waals surface area contributed by atoms with E-state index in [-0.39, 0.29) is 12.4 Å². The summed E-state index contributed by atoms with van der Waals surface area (Å²) in [6, 6.07) is 6.67. The Bertz CT molecular complexity index is 323. The molecule has 0 aliphatic carbocycles. The van der Waals surface area contributed by atoms with Gasteiger partial charge in [0.2, 0.25) is 0 Å². The maximum absolute atomic E-state index is 12.8. The Balaban J connectivity index is 2.01. The van der Waals surface area contributed by atoms with E-state index in [0.29, 0.717) is 5.92 Å². The van der Waals surface area contributed by atoms with Gasteiger partial charge in [-0.25, -0.2) is 4.39 Å². The minimum absolute atomic E-state index is 0.187. The topological polar surface area (TPSA) is 23.5 Å². The minimum atomic E-state index is -0.187. The van der Waals surface area contributed by atoms with E-state index in [0.717, 1.165) is 31.6 Å². The molecule has 1 unspecified atom stereocenters. The molecule has 0 bridgehead atoms. The van der Waals surface area contributed by atoms with E-state index >= 15 is 0 Å². The second kappa shape index (κ2) is 5.30. The molecule has 3 heteroatoms. The maximum atomic E-state index is 12.8. The predicted molar refractivity (Wildman–Crippen MR) is 63.0 cm³/mol. The van der Waals surface area contributed by atoms with Crippen molar-refractivity contribution in [3.8, 4) is 0 Å². The standard InChI is InChI=1S/C13H18FNO/c14-12-3-5-13(6-4-12)15-8-1-2-11(10-15)7-9-16/h3-6,11,16H,1-2,7-10H2. The molecule has 0 saturated carbocycles. The third-order valence-electron chi connectivity index (χ3n) is 3.25. The molecule has 1 heterocycles. The van der Waals surface area contributed by atoms with Gasteiger partial charge in [0.1, 0.15) is 5.82 Å². The van der Waals surface area contributed by atoms with E-state index < -0.39 is 0 Å². The zero-order valence-electron chi connectivity index (χ0n) is 9.40. The van der Waals surface area contributed by atoms with Crippen molar-refractivity contribution in [1.82, 2.24) is 0 Å². The normalized spacial score (nSPS) is 21.1. The quantitative estimate of drug-likeness (QED) is 0.850. The van der Waals surface area contributed by atoms with Crippen LogP contribution in [-0.2, 0) is 0 Å². The number of aliphatic hydroxyl groups excluding tert-OH is 1. The first-order chi connectivity index (χ1) is 7.79. The third-order valence-corrected chi connectivity index (χ3v) is 3.25. The van der Waals surface area contributed by atoms with E-state index in [1.54, 1.807) is 0 Å². The number of anilines is 1. The third kappa shape index (κ3) is 2.73. The van der Waals surface area contributed by atoms with E-state index in [4.69, 9.17) is 5.11 Å². The molecule has 1 atom stereocenters. The number of benzene rings is 1. The molecule has 16 heavy (non-hydrogen) atoms. The molecule has 0 radical (unpaired) electrons. The van der Waals surface area contributed by atoms with Crippen molar-refractivity contribution in [1.29, 1.82) is 0 Å². The number of hydrogen-bond acceptors (Lipinski definition) is 2. The number of aliphatic hydroxyl groups is 1. The molecule has 1 fully saturated rings. The summed E-state index contributed by atoms with van der Waals surface area (Å²) in [5.41, 5.74) is 1.09.